The zero-order valence-electron chi connectivity index (χ0n) is 17.3. The van der Waals surface area contributed by atoms with Crippen LogP contribution in [0, 0.1) is 5.92 Å². The van der Waals surface area contributed by atoms with Gasteiger partial charge in [0, 0.05) is 17.1 Å². The number of hydrogen-bond donors (Lipinski definition) is 4. The van der Waals surface area contributed by atoms with Gasteiger partial charge in [0.15, 0.2) is 0 Å². The summed E-state index contributed by atoms with van der Waals surface area (Å²) in [4.78, 5) is 25.0. The van der Waals surface area contributed by atoms with E-state index in [0.717, 1.165) is 19.3 Å². The van der Waals surface area contributed by atoms with Gasteiger partial charge in [0.05, 0.1) is 11.1 Å². The van der Waals surface area contributed by atoms with E-state index in [-0.39, 0.29) is 24.1 Å². The molecule has 2 aromatic carbocycles. The predicted molar refractivity (Wildman–Crippen MR) is 122 cm³/mol. The summed E-state index contributed by atoms with van der Waals surface area (Å²) in [5, 5.41) is 16.9. The minimum absolute atomic E-state index is 0.0132. The molecule has 166 valence electrons. The lowest BCUT2D eigenvalue weighted by atomic mass is 9.94. The largest absolute Gasteiger partial charge is 0.508 e. The number of phenols is 1. The van der Waals surface area contributed by atoms with Crippen LogP contribution in [-0.4, -0.2) is 29.0 Å². The van der Waals surface area contributed by atoms with Gasteiger partial charge in [0.2, 0.25) is 11.8 Å². The molecule has 6 nitrogen and oxygen atoms in total. The molecule has 0 heterocycles. The van der Waals surface area contributed by atoms with Crippen molar-refractivity contribution in [1.82, 2.24) is 10.6 Å². The summed E-state index contributed by atoms with van der Waals surface area (Å²) in [5.74, 6) is -0.901. The lowest BCUT2D eigenvalue weighted by molar-refractivity contribution is -0.129. The predicted octanol–water partition coefficient (Wildman–Crippen LogP) is 3.34. The van der Waals surface area contributed by atoms with Gasteiger partial charge in [-0.2, -0.15) is 0 Å². The second-order valence-electron chi connectivity index (χ2n) is 7.93. The van der Waals surface area contributed by atoms with E-state index in [1.165, 1.54) is 17.2 Å². The Kier molecular flexibility index (Phi) is 7.81. The Morgan fingerprint density at radius 2 is 1.84 bits per heavy atom. The molecule has 3 rings (SSSR count). The quantitative estimate of drug-likeness (QED) is 0.457. The van der Waals surface area contributed by atoms with Gasteiger partial charge in [-0.1, -0.05) is 60.8 Å². The van der Waals surface area contributed by atoms with Gasteiger partial charge in [-0.25, -0.2) is 0 Å². The zero-order valence-corrected chi connectivity index (χ0v) is 18.8. The molecule has 0 bridgehead atoms. The number of primary amides is 1. The SMILES string of the molecule is CCC[C@@H](NC(=O)[C@H](NCc1c(O)cc(Cl)cc1Cl)C1Cc2ccccc2C1)C(N)=O. The van der Waals surface area contributed by atoms with Crippen molar-refractivity contribution in [3.63, 3.8) is 0 Å². The van der Waals surface area contributed by atoms with Gasteiger partial charge < -0.3 is 21.5 Å². The maximum absolute atomic E-state index is 13.2. The summed E-state index contributed by atoms with van der Waals surface area (Å²) in [6, 6.07) is 9.74. The summed E-state index contributed by atoms with van der Waals surface area (Å²) in [7, 11) is 0. The fourth-order valence-corrected chi connectivity index (χ4v) is 4.66. The molecule has 0 fully saturated rings. The maximum Gasteiger partial charge on any atom is 0.240 e. The Hall–Kier alpha value is -2.28. The average Bonchev–Trinajstić information content (AvgIpc) is 3.13. The molecule has 2 amide bonds. The van der Waals surface area contributed by atoms with E-state index in [1.54, 1.807) is 6.07 Å². The third kappa shape index (κ3) is 5.70. The third-order valence-corrected chi connectivity index (χ3v) is 6.26. The minimum Gasteiger partial charge on any atom is -0.508 e. The first kappa shape index (κ1) is 23.4. The van der Waals surface area contributed by atoms with Gasteiger partial charge in [0.1, 0.15) is 11.8 Å². The molecular formula is C23H27Cl2N3O3. The summed E-state index contributed by atoms with van der Waals surface area (Å²) in [5.41, 5.74) is 8.35. The molecule has 5 N–H and O–H groups in total. The van der Waals surface area contributed by atoms with Crippen LogP contribution in [0.25, 0.3) is 0 Å². The number of benzene rings is 2. The standard InChI is InChI=1S/C23H27Cl2N3O3/c1-2-5-19(22(26)30)28-23(31)21(15-8-13-6-3-4-7-14(13)9-15)27-12-17-18(25)10-16(24)11-20(17)29/h3-4,6-7,10-11,15,19,21,27,29H,2,5,8-9,12H2,1H3,(H2,26,30)(H,28,31)/t19-,21-/m1/s1. The minimum atomic E-state index is -0.724. The highest BCUT2D eigenvalue weighted by Gasteiger charge is 2.34. The monoisotopic (exact) mass is 463 g/mol. The van der Waals surface area contributed by atoms with E-state index in [9.17, 15) is 14.7 Å². The number of rotatable bonds is 9. The van der Waals surface area contributed by atoms with E-state index < -0.39 is 18.0 Å². The van der Waals surface area contributed by atoms with Crippen LogP contribution in [0.2, 0.25) is 10.0 Å². The van der Waals surface area contributed by atoms with Crippen LogP contribution in [-0.2, 0) is 29.0 Å². The van der Waals surface area contributed by atoms with Crippen LogP contribution in [0.1, 0.15) is 36.5 Å². The molecule has 0 radical (unpaired) electrons. The second-order valence-corrected chi connectivity index (χ2v) is 8.78. The number of fused-ring (bicyclic) bond motifs is 1. The average molecular weight is 464 g/mol. The van der Waals surface area contributed by atoms with E-state index in [0.29, 0.717) is 22.0 Å². The topological polar surface area (TPSA) is 104 Å². The number of amides is 2. The molecule has 31 heavy (non-hydrogen) atoms. The smallest absolute Gasteiger partial charge is 0.240 e. The van der Waals surface area contributed by atoms with E-state index in [1.807, 2.05) is 19.1 Å². The van der Waals surface area contributed by atoms with Crippen LogP contribution in [0.5, 0.6) is 5.75 Å². The van der Waals surface area contributed by atoms with E-state index in [2.05, 4.69) is 22.8 Å². The van der Waals surface area contributed by atoms with Crippen molar-refractivity contribution in [3.8, 4) is 5.75 Å². The molecular weight excluding hydrogens is 437 g/mol. The van der Waals surface area contributed by atoms with Crippen LogP contribution in [0.4, 0.5) is 0 Å². The summed E-state index contributed by atoms with van der Waals surface area (Å²) in [6.07, 6.45) is 2.66. The molecule has 2 atom stereocenters. The first-order chi connectivity index (χ1) is 14.8. The molecule has 0 aromatic heterocycles. The molecule has 0 saturated heterocycles. The van der Waals surface area contributed by atoms with Gasteiger partial charge in [0.25, 0.3) is 0 Å². The molecule has 0 unspecified atom stereocenters. The fourth-order valence-electron chi connectivity index (χ4n) is 4.11. The molecule has 0 saturated carbocycles. The number of halogens is 2. The highest BCUT2D eigenvalue weighted by molar-refractivity contribution is 6.35. The molecule has 1 aliphatic rings. The second kappa shape index (κ2) is 10.4. The van der Waals surface area contributed by atoms with Crippen LogP contribution in [0.3, 0.4) is 0 Å². The Balaban J connectivity index is 1.81. The van der Waals surface area contributed by atoms with Crippen LogP contribution >= 0.6 is 23.2 Å². The number of carbonyl (C=O) groups is 2. The van der Waals surface area contributed by atoms with Gasteiger partial charge in [-0.3, -0.25) is 9.59 Å². The summed E-state index contributed by atoms with van der Waals surface area (Å²) in [6.45, 7) is 2.10. The summed E-state index contributed by atoms with van der Waals surface area (Å²) < 4.78 is 0. The number of phenolic OH excluding ortho intramolecular Hbond substituents is 1. The normalized spacial score (nSPS) is 15.3. The van der Waals surface area contributed by atoms with E-state index >= 15 is 0 Å². The third-order valence-electron chi connectivity index (χ3n) is 5.71. The fraction of sp³-hybridized carbons (Fsp3) is 0.391. The van der Waals surface area contributed by atoms with E-state index in [4.69, 9.17) is 28.9 Å². The molecule has 1 aliphatic carbocycles. The number of hydrogen-bond acceptors (Lipinski definition) is 4. The van der Waals surface area contributed by atoms with Crippen molar-refractivity contribution < 1.29 is 14.7 Å². The van der Waals surface area contributed by atoms with Crippen molar-refractivity contribution >= 4 is 35.0 Å². The Bertz CT molecular complexity index is 919. The Morgan fingerprint density at radius 3 is 2.39 bits per heavy atom. The number of carbonyl (C=O) groups excluding carboxylic acids is 2. The first-order valence-corrected chi connectivity index (χ1v) is 11.1. The zero-order chi connectivity index (χ0) is 22.5. The van der Waals surface area contributed by atoms with Crippen molar-refractivity contribution in [2.75, 3.05) is 0 Å². The summed E-state index contributed by atoms with van der Waals surface area (Å²) >= 11 is 12.2. The van der Waals surface area contributed by atoms with Crippen molar-refractivity contribution in [2.24, 2.45) is 11.7 Å². The Labute approximate surface area is 192 Å². The van der Waals surface area contributed by atoms with Crippen LogP contribution < -0.4 is 16.4 Å². The van der Waals surface area contributed by atoms with Crippen molar-refractivity contribution in [1.29, 1.82) is 0 Å². The van der Waals surface area contributed by atoms with Gasteiger partial charge in [-0.15, -0.1) is 0 Å². The van der Waals surface area contributed by atoms with Gasteiger partial charge in [-0.05, 0) is 48.4 Å². The Morgan fingerprint density at radius 1 is 1.19 bits per heavy atom. The highest BCUT2D eigenvalue weighted by Crippen LogP contribution is 2.32. The van der Waals surface area contributed by atoms with Crippen molar-refractivity contribution in [3.05, 3.63) is 63.1 Å². The lowest BCUT2D eigenvalue weighted by Gasteiger charge is -2.26. The molecule has 8 heteroatoms. The maximum atomic E-state index is 13.2. The van der Waals surface area contributed by atoms with Gasteiger partial charge >= 0.3 is 0 Å². The number of nitrogens with two attached hydrogens (primary N) is 1. The van der Waals surface area contributed by atoms with Crippen molar-refractivity contribution in [2.45, 2.75) is 51.2 Å². The van der Waals surface area contributed by atoms with Crippen LogP contribution in [0.15, 0.2) is 36.4 Å². The number of nitrogens with one attached hydrogen (secondary N) is 2. The molecule has 2 aromatic rings. The highest BCUT2D eigenvalue weighted by atomic mass is 35.5. The molecule has 0 spiro atoms. The first-order valence-electron chi connectivity index (χ1n) is 10.4. The molecule has 0 aliphatic heterocycles. The lowest BCUT2D eigenvalue weighted by Crippen LogP contribution is -2.54. The number of aromatic hydroxyl groups is 1.